The first-order valence-electron chi connectivity index (χ1n) is 4.36. The predicted molar refractivity (Wildman–Crippen MR) is 59.1 cm³/mol. The Morgan fingerprint density at radius 2 is 2.21 bits per heavy atom. The van der Waals surface area contributed by atoms with Crippen molar-refractivity contribution >= 4 is 27.6 Å². The van der Waals surface area contributed by atoms with Crippen molar-refractivity contribution < 1.29 is 9.53 Å². The molecule has 1 aromatic carbocycles. The molecule has 0 saturated heterocycles. The van der Waals surface area contributed by atoms with Crippen LogP contribution in [0.5, 0.6) is 0 Å². The summed E-state index contributed by atoms with van der Waals surface area (Å²) < 4.78 is 5.75. The van der Waals surface area contributed by atoms with Gasteiger partial charge in [-0.25, -0.2) is 4.79 Å². The van der Waals surface area contributed by atoms with E-state index in [0.717, 1.165) is 10.9 Å². The first-order valence-corrected chi connectivity index (χ1v) is 5.16. The highest BCUT2D eigenvalue weighted by Crippen LogP contribution is 2.17. The fraction of sp³-hybridized carbons (Fsp3) is 0.300. The number of carbonyl (C=O) groups excluding carboxylic acids is 1. The number of benzene rings is 1. The summed E-state index contributed by atoms with van der Waals surface area (Å²) in [4.78, 5) is 11.4. The van der Waals surface area contributed by atoms with Crippen LogP contribution in [0.15, 0.2) is 22.7 Å². The lowest BCUT2D eigenvalue weighted by Crippen LogP contribution is -2.06. The molecule has 0 saturated carbocycles. The van der Waals surface area contributed by atoms with Crippen molar-refractivity contribution in [2.75, 3.05) is 12.3 Å². The van der Waals surface area contributed by atoms with E-state index in [9.17, 15) is 4.79 Å². The van der Waals surface area contributed by atoms with Gasteiger partial charge in [0.25, 0.3) is 0 Å². The van der Waals surface area contributed by atoms with Gasteiger partial charge >= 0.3 is 5.97 Å². The van der Waals surface area contributed by atoms with Crippen LogP contribution < -0.4 is 5.73 Å². The Labute approximate surface area is 91.4 Å². The third-order valence-corrected chi connectivity index (χ3v) is 2.05. The normalized spacial score (nSPS) is 9.86. The molecule has 2 N–H and O–H groups in total. The second kappa shape index (κ2) is 5.00. The standard InChI is InChI=1S/C10H12BrNO2/c1-2-3-14-10(13)7-4-8(11)6-9(12)5-7/h4-6H,2-3,12H2,1H3. The summed E-state index contributed by atoms with van der Waals surface area (Å²) in [7, 11) is 0. The summed E-state index contributed by atoms with van der Waals surface area (Å²) in [5.41, 5.74) is 6.61. The molecule has 4 heteroatoms. The van der Waals surface area contributed by atoms with E-state index in [2.05, 4.69) is 15.9 Å². The van der Waals surface area contributed by atoms with E-state index >= 15 is 0 Å². The number of nitrogen functional groups attached to an aromatic ring is 1. The molecule has 0 heterocycles. The number of anilines is 1. The Bertz CT molecular complexity index is 319. The first-order chi connectivity index (χ1) is 6.63. The van der Waals surface area contributed by atoms with Crippen molar-refractivity contribution in [1.82, 2.24) is 0 Å². The van der Waals surface area contributed by atoms with E-state index in [0.29, 0.717) is 17.9 Å². The van der Waals surface area contributed by atoms with Gasteiger partial charge in [-0.05, 0) is 24.6 Å². The molecule has 0 bridgehead atoms. The molecule has 1 aromatic rings. The van der Waals surface area contributed by atoms with Crippen LogP contribution >= 0.6 is 15.9 Å². The highest BCUT2D eigenvalue weighted by molar-refractivity contribution is 9.10. The number of hydrogen-bond acceptors (Lipinski definition) is 3. The van der Waals surface area contributed by atoms with Gasteiger partial charge in [-0.3, -0.25) is 0 Å². The molecule has 0 aromatic heterocycles. The van der Waals surface area contributed by atoms with Crippen molar-refractivity contribution in [3.8, 4) is 0 Å². The highest BCUT2D eigenvalue weighted by atomic mass is 79.9. The molecule has 0 atom stereocenters. The van der Waals surface area contributed by atoms with Crippen molar-refractivity contribution in [3.05, 3.63) is 28.2 Å². The Kier molecular flexibility index (Phi) is 3.95. The monoisotopic (exact) mass is 257 g/mol. The number of halogens is 1. The molecule has 0 spiro atoms. The number of ether oxygens (including phenoxy) is 1. The van der Waals surface area contributed by atoms with Crippen LogP contribution in [-0.2, 0) is 4.74 Å². The minimum absolute atomic E-state index is 0.333. The van der Waals surface area contributed by atoms with Crippen LogP contribution in [0.2, 0.25) is 0 Å². The van der Waals surface area contributed by atoms with Gasteiger partial charge in [0.1, 0.15) is 0 Å². The zero-order valence-corrected chi connectivity index (χ0v) is 9.50. The van der Waals surface area contributed by atoms with E-state index < -0.39 is 0 Å². The average Bonchev–Trinajstić information content (AvgIpc) is 2.12. The Morgan fingerprint density at radius 3 is 2.79 bits per heavy atom. The van der Waals surface area contributed by atoms with Crippen molar-refractivity contribution in [2.24, 2.45) is 0 Å². The van der Waals surface area contributed by atoms with Gasteiger partial charge in [-0.2, -0.15) is 0 Å². The van der Waals surface area contributed by atoms with Crippen LogP contribution in [0.3, 0.4) is 0 Å². The lowest BCUT2D eigenvalue weighted by Gasteiger charge is -2.04. The van der Waals surface area contributed by atoms with E-state index in [1.807, 2.05) is 6.92 Å². The minimum atomic E-state index is -0.333. The number of esters is 1. The van der Waals surface area contributed by atoms with Gasteiger partial charge in [0.15, 0.2) is 0 Å². The second-order valence-electron chi connectivity index (χ2n) is 2.91. The maximum absolute atomic E-state index is 11.4. The molecular weight excluding hydrogens is 246 g/mol. The van der Waals surface area contributed by atoms with Crippen LogP contribution in [0.25, 0.3) is 0 Å². The second-order valence-corrected chi connectivity index (χ2v) is 3.82. The molecule has 0 amide bonds. The van der Waals surface area contributed by atoms with Gasteiger partial charge in [0, 0.05) is 10.2 Å². The average molecular weight is 258 g/mol. The van der Waals surface area contributed by atoms with Crippen LogP contribution in [0.1, 0.15) is 23.7 Å². The summed E-state index contributed by atoms with van der Waals surface area (Å²) in [6, 6.07) is 5.02. The smallest absolute Gasteiger partial charge is 0.338 e. The molecule has 0 aliphatic rings. The topological polar surface area (TPSA) is 52.3 Å². The Balaban J connectivity index is 2.79. The maximum Gasteiger partial charge on any atom is 0.338 e. The minimum Gasteiger partial charge on any atom is -0.462 e. The third kappa shape index (κ3) is 3.03. The van der Waals surface area contributed by atoms with Gasteiger partial charge < -0.3 is 10.5 Å². The van der Waals surface area contributed by atoms with Crippen molar-refractivity contribution in [2.45, 2.75) is 13.3 Å². The summed E-state index contributed by atoms with van der Waals surface area (Å²) >= 11 is 3.26. The number of carbonyl (C=O) groups is 1. The van der Waals surface area contributed by atoms with Crippen LogP contribution in [0.4, 0.5) is 5.69 Å². The van der Waals surface area contributed by atoms with Crippen molar-refractivity contribution in [3.63, 3.8) is 0 Å². The summed E-state index contributed by atoms with van der Waals surface area (Å²) in [6.07, 6.45) is 0.815. The number of nitrogens with two attached hydrogens (primary N) is 1. The first kappa shape index (κ1) is 11.0. The maximum atomic E-state index is 11.4. The van der Waals surface area contributed by atoms with Gasteiger partial charge in [0.05, 0.1) is 12.2 Å². The Morgan fingerprint density at radius 1 is 1.50 bits per heavy atom. The molecule has 14 heavy (non-hydrogen) atoms. The molecule has 76 valence electrons. The largest absolute Gasteiger partial charge is 0.462 e. The molecular formula is C10H12BrNO2. The lowest BCUT2D eigenvalue weighted by atomic mass is 10.2. The van der Waals surface area contributed by atoms with Crippen LogP contribution in [-0.4, -0.2) is 12.6 Å². The highest BCUT2D eigenvalue weighted by Gasteiger charge is 2.07. The zero-order valence-electron chi connectivity index (χ0n) is 7.92. The van der Waals surface area contributed by atoms with E-state index in [4.69, 9.17) is 10.5 Å². The van der Waals surface area contributed by atoms with Crippen molar-refractivity contribution in [1.29, 1.82) is 0 Å². The fourth-order valence-electron chi connectivity index (χ4n) is 1.01. The van der Waals surface area contributed by atoms with Gasteiger partial charge in [-0.15, -0.1) is 0 Å². The fourth-order valence-corrected chi connectivity index (χ4v) is 1.52. The van der Waals surface area contributed by atoms with E-state index in [1.54, 1.807) is 18.2 Å². The number of hydrogen-bond donors (Lipinski definition) is 1. The summed E-state index contributed by atoms with van der Waals surface area (Å²) in [5, 5.41) is 0. The number of rotatable bonds is 3. The summed E-state index contributed by atoms with van der Waals surface area (Å²) in [5.74, 6) is -0.333. The van der Waals surface area contributed by atoms with Gasteiger partial charge in [0.2, 0.25) is 0 Å². The lowest BCUT2D eigenvalue weighted by molar-refractivity contribution is 0.0505. The predicted octanol–water partition coefficient (Wildman–Crippen LogP) is 2.60. The SMILES string of the molecule is CCCOC(=O)c1cc(N)cc(Br)c1. The third-order valence-electron chi connectivity index (χ3n) is 1.59. The summed E-state index contributed by atoms with van der Waals surface area (Å²) in [6.45, 7) is 2.38. The van der Waals surface area contributed by atoms with Crippen LogP contribution in [0, 0.1) is 0 Å². The molecule has 0 radical (unpaired) electrons. The Hall–Kier alpha value is -1.03. The molecule has 0 aliphatic heterocycles. The quantitative estimate of drug-likeness (QED) is 0.669. The molecule has 0 fully saturated rings. The molecule has 0 aliphatic carbocycles. The van der Waals surface area contributed by atoms with E-state index in [-0.39, 0.29) is 5.97 Å². The zero-order chi connectivity index (χ0) is 10.6. The van der Waals surface area contributed by atoms with Gasteiger partial charge in [-0.1, -0.05) is 22.9 Å². The molecule has 1 rings (SSSR count). The van der Waals surface area contributed by atoms with E-state index in [1.165, 1.54) is 0 Å². The molecule has 3 nitrogen and oxygen atoms in total. The molecule has 0 unspecified atom stereocenters.